The van der Waals surface area contributed by atoms with Crippen molar-refractivity contribution in [3.05, 3.63) is 0 Å². The molecule has 0 aromatic rings. The molecule has 2 amide bonds. The lowest BCUT2D eigenvalue weighted by Crippen LogP contribution is -2.23. The average molecular weight is 202 g/mol. The van der Waals surface area contributed by atoms with Crippen molar-refractivity contribution >= 4 is 11.8 Å². The molecule has 0 radical (unpaired) electrons. The monoisotopic (exact) mass is 202 g/mol. The second-order valence-corrected chi connectivity index (χ2v) is 4.22. The summed E-state index contributed by atoms with van der Waals surface area (Å²) in [7, 11) is 3.26. The zero-order chi connectivity index (χ0) is 11.8. The van der Waals surface area contributed by atoms with E-state index in [0.717, 1.165) is 0 Å². The Morgan fingerprint density at radius 2 is 1.43 bits per heavy atom. The first-order valence-corrected chi connectivity index (χ1v) is 4.62. The van der Waals surface area contributed by atoms with Crippen molar-refractivity contribution < 1.29 is 9.59 Å². The smallest absolute Gasteiger partial charge is 0.220 e. The molecule has 2 N–H and O–H groups in total. The van der Waals surface area contributed by atoms with E-state index in [1.807, 2.05) is 20.8 Å². The highest BCUT2D eigenvalue weighted by molar-refractivity contribution is 5.76. The fourth-order valence-corrected chi connectivity index (χ4v) is 0.570. The molecule has 0 atom stereocenters. The molecule has 0 bridgehead atoms. The van der Waals surface area contributed by atoms with E-state index in [-0.39, 0.29) is 17.2 Å². The molecular weight excluding hydrogens is 180 g/mol. The Balaban J connectivity index is 0. The summed E-state index contributed by atoms with van der Waals surface area (Å²) in [5, 5.41) is 4.97. The van der Waals surface area contributed by atoms with Crippen LogP contribution in [0.2, 0.25) is 0 Å². The molecule has 0 aromatic heterocycles. The SMILES string of the molecule is CNC(=O)CC(C)(C)C.CNC(C)=O. The lowest BCUT2D eigenvalue weighted by atomic mass is 9.92. The van der Waals surface area contributed by atoms with E-state index < -0.39 is 0 Å². The second kappa shape index (κ2) is 7.35. The van der Waals surface area contributed by atoms with Crippen LogP contribution in [0.3, 0.4) is 0 Å². The van der Waals surface area contributed by atoms with Gasteiger partial charge in [-0.2, -0.15) is 0 Å². The zero-order valence-corrected chi connectivity index (χ0v) is 10.0. The molecule has 14 heavy (non-hydrogen) atoms. The Hall–Kier alpha value is -1.06. The number of nitrogens with one attached hydrogen (secondary N) is 2. The van der Waals surface area contributed by atoms with Gasteiger partial charge in [0.2, 0.25) is 11.8 Å². The molecule has 0 aliphatic heterocycles. The third-order valence-corrected chi connectivity index (χ3v) is 1.32. The molecule has 0 fully saturated rings. The number of carbonyl (C=O) groups is 2. The largest absolute Gasteiger partial charge is 0.359 e. The maximum absolute atomic E-state index is 10.7. The number of hydrogen-bond donors (Lipinski definition) is 2. The zero-order valence-electron chi connectivity index (χ0n) is 10.0. The van der Waals surface area contributed by atoms with Gasteiger partial charge in [0, 0.05) is 27.4 Å². The fourth-order valence-electron chi connectivity index (χ4n) is 0.570. The maximum atomic E-state index is 10.7. The van der Waals surface area contributed by atoms with Gasteiger partial charge < -0.3 is 10.6 Å². The molecule has 4 heteroatoms. The Morgan fingerprint density at radius 3 is 1.50 bits per heavy atom. The van der Waals surface area contributed by atoms with E-state index in [9.17, 15) is 9.59 Å². The Labute approximate surface area is 86.5 Å². The van der Waals surface area contributed by atoms with Crippen LogP contribution in [-0.4, -0.2) is 25.9 Å². The lowest BCUT2D eigenvalue weighted by molar-refractivity contribution is -0.122. The quantitative estimate of drug-likeness (QED) is 0.664. The molecule has 84 valence electrons. The standard InChI is InChI=1S/C7H15NO.C3H7NO/c1-7(2,3)5-6(9)8-4;1-3(5)4-2/h5H2,1-4H3,(H,8,9);1-2H3,(H,4,5). The summed E-state index contributed by atoms with van der Waals surface area (Å²) >= 11 is 0. The average Bonchev–Trinajstić information content (AvgIpc) is 2.02. The van der Waals surface area contributed by atoms with E-state index in [0.29, 0.717) is 6.42 Å². The summed E-state index contributed by atoms with van der Waals surface area (Å²) in [4.78, 5) is 20.4. The summed E-state index contributed by atoms with van der Waals surface area (Å²) in [6.07, 6.45) is 0.601. The molecule has 0 saturated carbocycles. The topological polar surface area (TPSA) is 58.2 Å². The summed E-state index contributed by atoms with van der Waals surface area (Å²) < 4.78 is 0. The number of amides is 2. The van der Waals surface area contributed by atoms with Crippen molar-refractivity contribution in [3.8, 4) is 0 Å². The normalized spacial score (nSPS) is 9.57. The minimum absolute atomic E-state index is 0.00463. The van der Waals surface area contributed by atoms with Gasteiger partial charge in [0.05, 0.1) is 0 Å². The second-order valence-electron chi connectivity index (χ2n) is 4.22. The van der Waals surface area contributed by atoms with E-state index in [1.54, 1.807) is 14.1 Å². The molecular formula is C10H22N2O2. The summed E-state index contributed by atoms with van der Waals surface area (Å²) in [6, 6.07) is 0. The molecule has 0 unspecified atom stereocenters. The molecule has 0 heterocycles. The first-order valence-electron chi connectivity index (χ1n) is 4.62. The van der Waals surface area contributed by atoms with Gasteiger partial charge >= 0.3 is 0 Å². The number of rotatable bonds is 1. The van der Waals surface area contributed by atoms with Gasteiger partial charge in [0.1, 0.15) is 0 Å². The third-order valence-electron chi connectivity index (χ3n) is 1.32. The van der Waals surface area contributed by atoms with E-state index in [1.165, 1.54) is 6.92 Å². The Kier molecular flexibility index (Phi) is 8.10. The highest BCUT2D eigenvalue weighted by Crippen LogP contribution is 2.17. The van der Waals surface area contributed by atoms with Crippen LogP contribution in [-0.2, 0) is 9.59 Å². The van der Waals surface area contributed by atoms with E-state index >= 15 is 0 Å². The van der Waals surface area contributed by atoms with Crippen LogP contribution in [0, 0.1) is 5.41 Å². The van der Waals surface area contributed by atoms with Gasteiger partial charge in [-0.3, -0.25) is 9.59 Å². The van der Waals surface area contributed by atoms with Gasteiger partial charge in [-0.05, 0) is 5.41 Å². The third kappa shape index (κ3) is 17.1. The Morgan fingerprint density at radius 1 is 1.07 bits per heavy atom. The van der Waals surface area contributed by atoms with Crippen molar-refractivity contribution in [2.24, 2.45) is 5.41 Å². The summed E-state index contributed by atoms with van der Waals surface area (Å²) in [5.74, 6) is 0.118. The van der Waals surface area contributed by atoms with Gasteiger partial charge in [-0.25, -0.2) is 0 Å². The highest BCUT2D eigenvalue weighted by atomic mass is 16.2. The van der Waals surface area contributed by atoms with Crippen molar-refractivity contribution in [1.29, 1.82) is 0 Å². The minimum atomic E-state index is 0.00463. The number of carbonyl (C=O) groups excluding carboxylic acids is 2. The van der Waals surface area contributed by atoms with Gasteiger partial charge in [0.15, 0.2) is 0 Å². The molecule has 0 spiro atoms. The van der Waals surface area contributed by atoms with Gasteiger partial charge in [-0.1, -0.05) is 20.8 Å². The fraction of sp³-hybridized carbons (Fsp3) is 0.800. The Bertz CT molecular complexity index is 183. The highest BCUT2D eigenvalue weighted by Gasteiger charge is 2.13. The van der Waals surface area contributed by atoms with Crippen LogP contribution in [0.4, 0.5) is 0 Å². The molecule has 0 aliphatic carbocycles. The van der Waals surface area contributed by atoms with Crippen molar-refractivity contribution in [2.45, 2.75) is 34.1 Å². The van der Waals surface area contributed by atoms with Crippen LogP contribution in [0.15, 0.2) is 0 Å². The van der Waals surface area contributed by atoms with Crippen molar-refractivity contribution in [1.82, 2.24) is 10.6 Å². The van der Waals surface area contributed by atoms with Crippen molar-refractivity contribution in [2.75, 3.05) is 14.1 Å². The predicted octanol–water partition coefficient (Wildman–Crippen LogP) is 0.921. The maximum Gasteiger partial charge on any atom is 0.220 e. The molecule has 0 saturated heterocycles. The van der Waals surface area contributed by atoms with Crippen LogP contribution in [0.1, 0.15) is 34.1 Å². The number of hydrogen-bond acceptors (Lipinski definition) is 2. The van der Waals surface area contributed by atoms with Gasteiger partial charge in [-0.15, -0.1) is 0 Å². The molecule has 0 rings (SSSR count). The molecule has 4 nitrogen and oxygen atoms in total. The first-order chi connectivity index (χ1) is 6.22. The molecule has 0 aromatic carbocycles. The van der Waals surface area contributed by atoms with E-state index in [4.69, 9.17) is 0 Å². The van der Waals surface area contributed by atoms with E-state index in [2.05, 4.69) is 10.6 Å². The lowest BCUT2D eigenvalue weighted by Gasteiger charge is -2.15. The van der Waals surface area contributed by atoms with Crippen LogP contribution < -0.4 is 10.6 Å². The molecule has 0 aliphatic rings. The van der Waals surface area contributed by atoms with Crippen LogP contribution in [0.25, 0.3) is 0 Å². The predicted molar refractivity (Wildman–Crippen MR) is 57.9 cm³/mol. The van der Waals surface area contributed by atoms with Crippen LogP contribution >= 0.6 is 0 Å². The van der Waals surface area contributed by atoms with Crippen molar-refractivity contribution in [3.63, 3.8) is 0 Å². The van der Waals surface area contributed by atoms with Gasteiger partial charge in [0.25, 0.3) is 0 Å². The first kappa shape index (κ1) is 15.4. The van der Waals surface area contributed by atoms with Crippen LogP contribution in [0.5, 0.6) is 0 Å². The summed E-state index contributed by atoms with van der Waals surface area (Å²) in [5.41, 5.74) is 0.111. The minimum Gasteiger partial charge on any atom is -0.359 e. The summed E-state index contributed by atoms with van der Waals surface area (Å²) in [6.45, 7) is 7.60.